The molecule has 0 saturated heterocycles. The van der Waals surface area contributed by atoms with Crippen LogP contribution in [-0.2, 0) is 0 Å². The number of aryl methyl sites for hydroxylation is 1. The zero-order chi connectivity index (χ0) is 13.2. The number of para-hydroxylation sites is 1. The number of hydrogen-bond acceptors (Lipinski definition) is 5. The molecule has 0 radical (unpaired) electrons. The number of anilines is 2. The Balaban J connectivity index is 2.07. The van der Waals surface area contributed by atoms with E-state index in [9.17, 15) is 5.26 Å². The minimum Gasteiger partial charge on any atom is -0.316 e. The topological polar surface area (TPSA) is 61.6 Å². The van der Waals surface area contributed by atoms with Crippen molar-refractivity contribution in [3.8, 4) is 6.07 Å². The summed E-state index contributed by atoms with van der Waals surface area (Å²) < 4.78 is 0. The van der Waals surface area contributed by atoms with Crippen LogP contribution in [0.1, 0.15) is 11.3 Å². The van der Waals surface area contributed by atoms with Crippen LogP contribution in [0.3, 0.4) is 0 Å². The van der Waals surface area contributed by atoms with Gasteiger partial charge >= 0.3 is 0 Å². The fraction of sp³-hybridized carbons (Fsp3) is 0.0714. The van der Waals surface area contributed by atoms with Gasteiger partial charge in [-0.25, -0.2) is 9.97 Å². The third kappa shape index (κ3) is 2.26. The number of aromatic nitrogens is 2. The predicted octanol–water partition coefficient (Wildman–Crippen LogP) is 3.62. The standard InChI is InChI=1S/C14H10N4S/c1-9-8-19-14(16-9)18-13-6-10(7-15)11-4-2-3-5-12(11)17-13/h2-6,8H,1H3,(H,16,17,18). The molecule has 3 rings (SSSR count). The zero-order valence-corrected chi connectivity index (χ0v) is 11.0. The molecule has 0 spiro atoms. The Hall–Kier alpha value is -2.45. The number of nitrogens with zero attached hydrogens (tertiary/aromatic N) is 3. The van der Waals surface area contributed by atoms with E-state index in [2.05, 4.69) is 21.4 Å². The van der Waals surface area contributed by atoms with E-state index >= 15 is 0 Å². The first-order valence-electron chi connectivity index (χ1n) is 5.75. The van der Waals surface area contributed by atoms with Crippen LogP contribution in [0.4, 0.5) is 10.9 Å². The molecule has 0 saturated carbocycles. The maximum absolute atomic E-state index is 9.21. The van der Waals surface area contributed by atoms with Gasteiger partial charge in [0.05, 0.1) is 22.8 Å². The van der Waals surface area contributed by atoms with Gasteiger partial charge in [0.15, 0.2) is 5.13 Å². The van der Waals surface area contributed by atoms with Crippen LogP contribution in [0.5, 0.6) is 0 Å². The van der Waals surface area contributed by atoms with Gasteiger partial charge in [-0.2, -0.15) is 5.26 Å². The number of hydrogen-bond donors (Lipinski definition) is 1. The van der Waals surface area contributed by atoms with Crippen molar-refractivity contribution in [2.45, 2.75) is 6.92 Å². The molecule has 19 heavy (non-hydrogen) atoms. The van der Waals surface area contributed by atoms with Crippen molar-refractivity contribution in [3.63, 3.8) is 0 Å². The summed E-state index contributed by atoms with van der Waals surface area (Å²) in [5.74, 6) is 0.643. The molecule has 0 fully saturated rings. The number of fused-ring (bicyclic) bond motifs is 1. The molecular formula is C14H10N4S. The van der Waals surface area contributed by atoms with E-state index in [0.717, 1.165) is 21.7 Å². The first-order valence-corrected chi connectivity index (χ1v) is 6.63. The lowest BCUT2D eigenvalue weighted by atomic mass is 10.1. The lowest BCUT2D eigenvalue weighted by Crippen LogP contribution is -1.95. The van der Waals surface area contributed by atoms with Crippen LogP contribution in [-0.4, -0.2) is 9.97 Å². The summed E-state index contributed by atoms with van der Waals surface area (Å²) in [6.07, 6.45) is 0. The van der Waals surface area contributed by atoms with Crippen LogP contribution in [0.15, 0.2) is 35.7 Å². The molecule has 2 heterocycles. The lowest BCUT2D eigenvalue weighted by Gasteiger charge is -2.05. The summed E-state index contributed by atoms with van der Waals surface area (Å²) >= 11 is 1.52. The van der Waals surface area contributed by atoms with Gasteiger partial charge in [0.25, 0.3) is 0 Å². The van der Waals surface area contributed by atoms with Gasteiger partial charge < -0.3 is 5.32 Å². The summed E-state index contributed by atoms with van der Waals surface area (Å²) in [6, 6.07) is 11.6. The molecule has 92 valence electrons. The third-order valence-electron chi connectivity index (χ3n) is 2.69. The van der Waals surface area contributed by atoms with Gasteiger partial charge in [-0.3, -0.25) is 0 Å². The molecule has 1 aromatic carbocycles. The maximum Gasteiger partial charge on any atom is 0.188 e. The zero-order valence-electron chi connectivity index (χ0n) is 10.2. The number of nitriles is 1. The van der Waals surface area contributed by atoms with E-state index in [0.29, 0.717) is 11.4 Å². The van der Waals surface area contributed by atoms with Crippen LogP contribution < -0.4 is 5.32 Å². The van der Waals surface area contributed by atoms with E-state index in [4.69, 9.17) is 0 Å². The summed E-state index contributed by atoms with van der Waals surface area (Å²) in [6.45, 7) is 1.94. The number of rotatable bonds is 2. The Labute approximate surface area is 114 Å². The molecule has 0 unspecified atom stereocenters. The molecule has 2 aromatic heterocycles. The number of nitrogens with one attached hydrogen (secondary N) is 1. The molecule has 1 N–H and O–H groups in total. The van der Waals surface area contributed by atoms with Gasteiger partial charge in [-0.1, -0.05) is 18.2 Å². The highest BCUT2D eigenvalue weighted by molar-refractivity contribution is 7.13. The van der Waals surface area contributed by atoms with Gasteiger partial charge in [0, 0.05) is 10.8 Å². The van der Waals surface area contributed by atoms with Crippen LogP contribution in [0.25, 0.3) is 10.9 Å². The van der Waals surface area contributed by atoms with E-state index in [1.165, 1.54) is 11.3 Å². The van der Waals surface area contributed by atoms with Gasteiger partial charge in [0.2, 0.25) is 0 Å². The number of benzene rings is 1. The minimum absolute atomic E-state index is 0.612. The second-order valence-corrected chi connectivity index (χ2v) is 4.96. The Morgan fingerprint density at radius 2 is 2.11 bits per heavy atom. The summed E-state index contributed by atoms with van der Waals surface area (Å²) in [4.78, 5) is 8.82. The predicted molar refractivity (Wildman–Crippen MR) is 76.6 cm³/mol. The SMILES string of the molecule is Cc1csc(Nc2cc(C#N)c3ccccc3n2)n1. The average molecular weight is 266 g/mol. The largest absolute Gasteiger partial charge is 0.316 e. The smallest absolute Gasteiger partial charge is 0.188 e. The second kappa shape index (κ2) is 4.67. The summed E-state index contributed by atoms with van der Waals surface area (Å²) in [5, 5.41) is 16.0. The average Bonchev–Trinajstić information content (AvgIpc) is 2.83. The maximum atomic E-state index is 9.21. The molecular weight excluding hydrogens is 256 g/mol. The van der Waals surface area contributed by atoms with Crippen LogP contribution in [0.2, 0.25) is 0 Å². The van der Waals surface area contributed by atoms with E-state index in [1.807, 2.05) is 36.6 Å². The molecule has 0 bridgehead atoms. The van der Waals surface area contributed by atoms with Crippen molar-refractivity contribution in [3.05, 3.63) is 47.0 Å². The molecule has 5 heteroatoms. The van der Waals surface area contributed by atoms with E-state index in [-0.39, 0.29) is 0 Å². The molecule has 4 nitrogen and oxygen atoms in total. The Morgan fingerprint density at radius 3 is 2.84 bits per heavy atom. The van der Waals surface area contributed by atoms with Crippen molar-refractivity contribution in [1.29, 1.82) is 5.26 Å². The van der Waals surface area contributed by atoms with Crippen molar-refractivity contribution in [1.82, 2.24) is 9.97 Å². The molecule has 0 aliphatic carbocycles. The highest BCUT2D eigenvalue weighted by Crippen LogP contribution is 2.24. The first kappa shape index (κ1) is 11.6. The normalized spacial score (nSPS) is 10.3. The van der Waals surface area contributed by atoms with E-state index in [1.54, 1.807) is 6.07 Å². The molecule has 0 atom stereocenters. The highest BCUT2D eigenvalue weighted by Gasteiger charge is 2.06. The number of thiazole rings is 1. The van der Waals surface area contributed by atoms with Crippen molar-refractivity contribution >= 4 is 33.2 Å². The molecule has 0 aliphatic heterocycles. The fourth-order valence-corrected chi connectivity index (χ4v) is 2.55. The third-order valence-corrected chi connectivity index (χ3v) is 3.57. The van der Waals surface area contributed by atoms with Crippen molar-refractivity contribution in [2.24, 2.45) is 0 Å². The minimum atomic E-state index is 0.612. The van der Waals surface area contributed by atoms with E-state index < -0.39 is 0 Å². The van der Waals surface area contributed by atoms with Crippen molar-refractivity contribution in [2.75, 3.05) is 5.32 Å². The van der Waals surface area contributed by atoms with Gasteiger partial charge in [0.1, 0.15) is 5.82 Å². The quantitative estimate of drug-likeness (QED) is 0.769. The Bertz CT molecular complexity index is 785. The molecule has 0 amide bonds. The first-order chi connectivity index (χ1) is 9.26. The van der Waals surface area contributed by atoms with Crippen LogP contribution >= 0.6 is 11.3 Å². The summed E-state index contributed by atoms with van der Waals surface area (Å²) in [5.41, 5.74) is 2.38. The number of pyridine rings is 1. The molecule has 0 aliphatic rings. The Kier molecular flexibility index (Phi) is 2.86. The van der Waals surface area contributed by atoms with Crippen LogP contribution in [0, 0.1) is 18.3 Å². The summed E-state index contributed by atoms with van der Waals surface area (Å²) in [7, 11) is 0. The van der Waals surface area contributed by atoms with Gasteiger partial charge in [-0.05, 0) is 19.1 Å². The fourth-order valence-electron chi connectivity index (χ4n) is 1.85. The monoisotopic (exact) mass is 266 g/mol. The molecule has 3 aromatic rings. The van der Waals surface area contributed by atoms with Gasteiger partial charge in [-0.15, -0.1) is 11.3 Å². The highest BCUT2D eigenvalue weighted by atomic mass is 32.1. The lowest BCUT2D eigenvalue weighted by molar-refractivity contribution is 1.25. The van der Waals surface area contributed by atoms with Crippen molar-refractivity contribution < 1.29 is 0 Å². The Morgan fingerprint density at radius 1 is 1.26 bits per heavy atom. The second-order valence-electron chi connectivity index (χ2n) is 4.10.